The van der Waals surface area contributed by atoms with Gasteiger partial charge in [0.1, 0.15) is 11.6 Å². The third-order valence-electron chi connectivity index (χ3n) is 4.83. The summed E-state index contributed by atoms with van der Waals surface area (Å²) in [6, 6.07) is 21.0. The van der Waals surface area contributed by atoms with Crippen LogP contribution in [-0.4, -0.2) is 44.3 Å². The van der Waals surface area contributed by atoms with Gasteiger partial charge in [0.05, 0.1) is 31.6 Å². The summed E-state index contributed by atoms with van der Waals surface area (Å²) in [4.78, 5) is 20.0. The molecule has 0 bridgehead atoms. The Balaban J connectivity index is 1.68. The number of ether oxygens (including phenoxy) is 2. The maximum Gasteiger partial charge on any atom is 0.259 e. The quantitative estimate of drug-likeness (QED) is 0.718. The van der Waals surface area contributed by atoms with Gasteiger partial charge in [-0.25, -0.2) is 4.98 Å². The molecule has 1 aromatic heterocycles. The predicted molar refractivity (Wildman–Crippen MR) is 114 cm³/mol. The third-order valence-corrected chi connectivity index (χ3v) is 4.83. The highest BCUT2D eigenvalue weighted by atomic mass is 16.5. The molecule has 0 spiro atoms. The Hall–Kier alpha value is -3.38. The first-order valence-electron chi connectivity index (χ1n) is 9.59. The number of carbonyl (C=O) groups excluding carboxylic acids is 1. The molecule has 0 unspecified atom stereocenters. The van der Waals surface area contributed by atoms with E-state index in [1.165, 1.54) is 0 Å². The van der Waals surface area contributed by atoms with Crippen molar-refractivity contribution in [2.75, 3.05) is 43.6 Å². The van der Waals surface area contributed by atoms with Gasteiger partial charge in [-0.2, -0.15) is 0 Å². The van der Waals surface area contributed by atoms with Gasteiger partial charge in [-0.15, -0.1) is 0 Å². The fourth-order valence-corrected chi connectivity index (χ4v) is 3.31. The lowest BCUT2D eigenvalue weighted by atomic mass is 10.1. The second-order valence-electron chi connectivity index (χ2n) is 6.72. The summed E-state index contributed by atoms with van der Waals surface area (Å²) >= 11 is 0. The van der Waals surface area contributed by atoms with Crippen LogP contribution >= 0.6 is 0 Å². The molecule has 2 heterocycles. The molecule has 1 aliphatic heterocycles. The molecule has 29 heavy (non-hydrogen) atoms. The number of nitrogens with one attached hydrogen (secondary N) is 1. The number of nitrogens with zero attached hydrogens (tertiary/aromatic N) is 2. The summed E-state index contributed by atoms with van der Waals surface area (Å²) in [7, 11) is 1.60. The van der Waals surface area contributed by atoms with Gasteiger partial charge in [-0.1, -0.05) is 36.4 Å². The molecule has 0 saturated carbocycles. The lowest BCUT2D eigenvalue weighted by Gasteiger charge is -2.29. The number of amides is 1. The van der Waals surface area contributed by atoms with Crippen molar-refractivity contribution >= 4 is 17.4 Å². The zero-order valence-corrected chi connectivity index (χ0v) is 16.3. The Bertz CT molecular complexity index is 986. The van der Waals surface area contributed by atoms with Gasteiger partial charge in [0.15, 0.2) is 0 Å². The van der Waals surface area contributed by atoms with Crippen molar-refractivity contribution in [3.05, 3.63) is 72.3 Å². The van der Waals surface area contributed by atoms with Crippen molar-refractivity contribution in [2.24, 2.45) is 0 Å². The minimum atomic E-state index is -0.202. The van der Waals surface area contributed by atoms with E-state index in [2.05, 4.69) is 10.2 Å². The second kappa shape index (κ2) is 8.75. The third kappa shape index (κ3) is 4.38. The van der Waals surface area contributed by atoms with E-state index in [-0.39, 0.29) is 5.91 Å². The zero-order chi connectivity index (χ0) is 20.1. The second-order valence-corrected chi connectivity index (χ2v) is 6.72. The summed E-state index contributed by atoms with van der Waals surface area (Å²) in [5.41, 5.74) is 3.07. The number of benzene rings is 2. The highest BCUT2D eigenvalue weighted by Crippen LogP contribution is 2.26. The van der Waals surface area contributed by atoms with Crippen molar-refractivity contribution in [2.45, 2.75) is 0 Å². The summed E-state index contributed by atoms with van der Waals surface area (Å²) in [5.74, 6) is 1.16. The van der Waals surface area contributed by atoms with E-state index in [0.29, 0.717) is 49.1 Å². The highest BCUT2D eigenvalue weighted by molar-refractivity contribution is 6.08. The monoisotopic (exact) mass is 389 g/mol. The van der Waals surface area contributed by atoms with Crippen LogP contribution in [0.3, 0.4) is 0 Å². The fraction of sp³-hybridized carbons (Fsp3) is 0.217. The lowest BCUT2D eigenvalue weighted by Crippen LogP contribution is -2.38. The summed E-state index contributed by atoms with van der Waals surface area (Å²) in [5, 5.41) is 2.95. The smallest absolute Gasteiger partial charge is 0.259 e. The van der Waals surface area contributed by atoms with Crippen LogP contribution in [0.25, 0.3) is 11.3 Å². The van der Waals surface area contributed by atoms with E-state index in [1.807, 2.05) is 60.7 Å². The number of anilines is 2. The SMILES string of the molecule is COc1cccc(NC(=O)c2ccc(-c3ccccc3)nc2N2CCOCC2)c1. The van der Waals surface area contributed by atoms with Crippen molar-refractivity contribution in [3.63, 3.8) is 0 Å². The average molecular weight is 389 g/mol. The molecule has 0 aliphatic carbocycles. The molecule has 1 fully saturated rings. The predicted octanol–water partition coefficient (Wildman–Crippen LogP) is 3.85. The minimum absolute atomic E-state index is 0.202. The van der Waals surface area contributed by atoms with E-state index >= 15 is 0 Å². The number of aromatic nitrogens is 1. The first kappa shape index (κ1) is 19.0. The standard InChI is InChI=1S/C23H23N3O3/c1-28-19-9-5-8-18(16-19)24-23(27)20-10-11-21(17-6-3-2-4-7-17)25-22(20)26-12-14-29-15-13-26/h2-11,16H,12-15H2,1H3,(H,24,27). The zero-order valence-electron chi connectivity index (χ0n) is 16.3. The van der Waals surface area contributed by atoms with Gasteiger partial charge in [0.2, 0.25) is 0 Å². The van der Waals surface area contributed by atoms with Crippen molar-refractivity contribution in [3.8, 4) is 17.0 Å². The lowest BCUT2D eigenvalue weighted by molar-refractivity contribution is 0.102. The normalized spacial score (nSPS) is 13.8. The molecule has 1 N–H and O–H groups in total. The van der Waals surface area contributed by atoms with E-state index in [4.69, 9.17) is 14.5 Å². The molecule has 6 heteroatoms. The van der Waals surface area contributed by atoms with Crippen LogP contribution in [0.15, 0.2) is 66.7 Å². The molecule has 6 nitrogen and oxygen atoms in total. The van der Waals surface area contributed by atoms with E-state index in [0.717, 1.165) is 11.3 Å². The van der Waals surface area contributed by atoms with Gasteiger partial charge in [-0.05, 0) is 24.3 Å². The van der Waals surface area contributed by atoms with Gasteiger partial charge >= 0.3 is 0 Å². The molecule has 3 aromatic rings. The van der Waals surface area contributed by atoms with E-state index in [1.54, 1.807) is 13.2 Å². The van der Waals surface area contributed by atoms with Crippen LogP contribution in [0, 0.1) is 0 Å². The maximum atomic E-state index is 13.1. The van der Waals surface area contributed by atoms with Crippen molar-refractivity contribution in [1.29, 1.82) is 0 Å². The number of methoxy groups -OCH3 is 1. The topological polar surface area (TPSA) is 63.7 Å². The summed E-state index contributed by atoms with van der Waals surface area (Å²) in [6.07, 6.45) is 0. The van der Waals surface area contributed by atoms with Crippen LogP contribution in [0.1, 0.15) is 10.4 Å². The van der Waals surface area contributed by atoms with Crippen LogP contribution in [-0.2, 0) is 4.74 Å². The fourth-order valence-electron chi connectivity index (χ4n) is 3.31. The van der Waals surface area contributed by atoms with Crippen LogP contribution in [0.4, 0.5) is 11.5 Å². The maximum absolute atomic E-state index is 13.1. The van der Waals surface area contributed by atoms with E-state index in [9.17, 15) is 4.79 Å². The van der Waals surface area contributed by atoms with Gasteiger partial charge in [0, 0.05) is 30.4 Å². The first-order valence-corrected chi connectivity index (χ1v) is 9.59. The molecular formula is C23H23N3O3. The minimum Gasteiger partial charge on any atom is -0.497 e. The van der Waals surface area contributed by atoms with Gasteiger partial charge < -0.3 is 19.7 Å². The average Bonchev–Trinajstić information content (AvgIpc) is 2.80. The molecule has 1 amide bonds. The number of rotatable bonds is 5. The van der Waals surface area contributed by atoms with E-state index < -0.39 is 0 Å². The summed E-state index contributed by atoms with van der Waals surface area (Å²) < 4.78 is 10.7. The molecule has 1 aliphatic rings. The number of hydrogen-bond donors (Lipinski definition) is 1. The molecule has 1 saturated heterocycles. The number of hydrogen-bond acceptors (Lipinski definition) is 5. The largest absolute Gasteiger partial charge is 0.497 e. The van der Waals surface area contributed by atoms with Gasteiger partial charge in [-0.3, -0.25) is 4.79 Å². The van der Waals surface area contributed by atoms with Crippen LogP contribution in [0.5, 0.6) is 5.75 Å². The van der Waals surface area contributed by atoms with Crippen molar-refractivity contribution < 1.29 is 14.3 Å². The first-order chi connectivity index (χ1) is 14.2. The molecule has 0 radical (unpaired) electrons. The molecule has 0 atom stereocenters. The Morgan fingerprint density at radius 1 is 1.03 bits per heavy atom. The molecule has 148 valence electrons. The number of pyridine rings is 1. The van der Waals surface area contributed by atoms with Crippen molar-refractivity contribution in [1.82, 2.24) is 4.98 Å². The molecule has 2 aromatic carbocycles. The summed E-state index contributed by atoms with van der Waals surface area (Å²) in [6.45, 7) is 2.64. The van der Waals surface area contributed by atoms with Gasteiger partial charge in [0.25, 0.3) is 5.91 Å². The number of carbonyl (C=O) groups is 1. The Kier molecular flexibility index (Phi) is 5.72. The molecular weight excluding hydrogens is 366 g/mol. The van der Waals surface area contributed by atoms with Crippen LogP contribution in [0.2, 0.25) is 0 Å². The van der Waals surface area contributed by atoms with Crippen LogP contribution < -0.4 is 15.0 Å². The Morgan fingerprint density at radius 2 is 1.83 bits per heavy atom. The molecule has 4 rings (SSSR count). The Morgan fingerprint density at radius 3 is 2.59 bits per heavy atom. The number of morpholine rings is 1. The Labute approximate surface area is 170 Å². The highest BCUT2D eigenvalue weighted by Gasteiger charge is 2.21.